The van der Waals surface area contributed by atoms with Gasteiger partial charge in [-0.25, -0.2) is 4.79 Å². The van der Waals surface area contributed by atoms with Gasteiger partial charge in [-0.15, -0.1) is 0 Å². The Morgan fingerprint density at radius 1 is 1.24 bits per heavy atom. The molecule has 1 aromatic heterocycles. The van der Waals surface area contributed by atoms with Gasteiger partial charge in [0.05, 0.1) is 11.0 Å². The van der Waals surface area contributed by atoms with Crippen molar-refractivity contribution >= 4 is 28.2 Å². The molecule has 0 aliphatic rings. The smallest absolute Gasteiger partial charge is 0.349 e. The third-order valence-corrected chi connectivity index (χ3v) is 4.59. The zero-order valence-electron chi connectivity index (χ0n) is 13.9. The number of thiophene rings is 1. The first-order valence-electron chi connectivity index (χ1n) is 7.70. The Labute approximate surface area is 148 Å². The third kappa shape index (κ3) is 5.12. The highest BCUT2D eigenvalue weighted by atomic mass is 32.1. The molecule has 1 atom stereocenters. The number of nitrogens with zero attached hydrogens (tertiary/aromatic N) is 1. The number of nitrogens with one attached hydrogen (secondary N) is 1. The molecule has 1 amide bonds. The fourth-order valence-electron chi connectivity index (χ4n) is 2.15. The highest BCUT2D eigenvalue weighted by molar-refractivity contribution is 7.17. The minimum absolute atomic E-state index is 0.0858. The predicted molar refractivity (Wildman–Crippen MR) is 93.6 cm³/mol. The fraction of sp³-hybridized carbons (Fsp3) is 0.294. The van der Waals surface area contributed by atoms with Crippen LogP contribution < -0.4 is 5.32 Å². The number of hydrogen-bond acceptors (Lipinski definition) is 6. The summed E-state index contributed by atoms with van der Waals surface area (Å²) in [6.07, 6.45) is 0.942. The van der Waals surface area contributed by atoms with E-state index in [1.165, 1.54) is 17.7 Å². The molecule has 0 radical (unpaired) electrons. The van der Waals surface area contributed by atoms with Gasteiger partial charge < -0.3 is 10.1 Å². The molecule has 132 valence electrons. The second kappa shape index (κ2) is 8.39. The largest absolute Gasteiger partial charge is 0.451 e. The third-order valence-electron chi connectivity index (χ3n) is 3.57. The number of benzene rings is 1. The van der Waals surface area contributed by atoms with Gasteiger partial charge in [0.25, 0.3) is 5.91 Å². The fourth-order valence-corrected chi connectivity index (χ4v) is 2.86. The molecule has 8 heteroatoms. The minimum Gasteiger partial charge on any atom is -0.451 e. The van der Waals surface area contributed by atoms with E-state index in [2.05, 4.69) is 12.2 Å². The molecule has 2 aromatic rings. The molecule has 1 heterocycles. The van der Waals surface area contributed by atoms with Crippen molar-refractivity contribution in [1.82, 2.24) is 5.32 Å². The molecule has 2 rings (SSSR count). The number of rotatable bonds is 7. The van der Waals surface area contributed by atoms with Crippen molar-refractivity contribution in [2.24, 2.45) is 0 Å². The summed E-state index contributed by atoms with van der Waals surface area (Å²) in [5.74, 6) is -1.19. The van der Waals surface area contributed by atoms with E-state index in [1.54, 1.807) is 0 Å². The average Bonchev–Trinajstić information content (AvgIpc) is 3.10. The van der Waals surface area contributed by atoms with Gasteiger partial charge >= 0.3 is 11.0 Å². The Bertz CT molecular complexity index is 770. The summed E-state index contributed by atoms with van der Waals surface area (Å²) >= 11 is 0.710. The lowest BCUT2D eigenvalue weighted by Gasteiger charge is -2.14. The second-order valence-electron chi connectivity index (χ2n) is 5.36. The molecule has 0 bridgehead atoms. The standard InChI is InChI=1S/C17H18N2O5S/c1-3-12-4-6-13(7-5-12)11(2)18-15(20)10-24-17(21)14-8-9-16(25-14)19(22)23/h4-9,11H,3,10H2,1-2H3,(H,18,20)/t11-/m1/s1. The van der Waals surface area contributed by atoms with Crippen molar-refractivity contribution in [2.75, 3.05) is 6.61 Å². The quantitative estimate of drug-likeness (QED) is 0.463. The van der Waals surface area contributed by atoms with Crippen LogP contribution in [0.1, 0.15) is 40.7 Å². The number of aryl methyl sites for hydroxylation is 1. The van der Waals surface area contributed by atoms with Gasteiger partial charge in [-0.3, -0.25) is 14.9 Å². The topological polar surface area (TPSA) is 98.5 Å². The maximum absolute atomic E-state index is 11.9. The molecule has 1 aromatic carbocycles. The molecular formula is C17H18N2O5S. The van der Waals surface area contributed by atoms with E-state index in [0.29, 0.717) is 11.3 Å². The van der Waals surface area contributed by atoms with Crippen molar-refractivity contribution in [2.45, 2.75) is 26.3 Å². The molecule has 0 unspecified atom stereocenters. The lowest BCUT2D eigenvalue weighted by molar-refractivity contribution is -0.380. The molecule has 0 aliphatic carbocycles. The van der Waals surface area contributed by atoms with Gasteiger partial charge in [0.2, 0.25) is 0 Å². The summed E-state index contributed by atoms with van der Waals surface area (Å²) in [7, 11) is 0. The monoisotopic (exact) mass is 362 g/mol. The van der Waals surface area contributed by atoms with Crippen LogP contribution in [0.2, 0.25) is 0 Å². The van der Waals surface area contributed by atoms with Crippen LogP contribution in [0.3, 0.4) is 0 Å². The SMILES string of the molecule is CCc1ccc([C@@H](C)NC(=O)COC(=O)c2ccc([N+](=O)[O-])s2)cc1. The lowest BCUT2D eigenvalue weighted by atomic mass is 10.1. The van der Waals surface area contributed by atoms with Crippen LogP contribution >= 0.6 is 11.3 Å². The average molecular weight is 362 g/mol. The number of esters is 1. The zero-order chi connectivity index (χ0) is 18.4. The van der Waals surface area contributed by atoms with Gasteiger partial charge in [-0.2, -0.15) is 0 Å². The van der Waals surface area contributed by atoms with E-state index >= 15 is 0 Å². The summed E-state index contributed by atoms with van der Waals surface area (Å²) < 4.78 is 4.89. The Kier molecular flexibility index (Phi) is 6.24. The Balaban J connectivity index is 1.84. The molecule has 0 aliphatic heterocycles. The Hall–Kier alpha value is -2.74. The van der Waals surface area contributed by atoms with Crippen LogP contribution in [-0.2, 0) is 16.0 Å². The highest BCUT2D eigenvalue weighted by Gasteiger charge is 2.18. The zero-order valence-corrected chi connectivity index (χ0v) is 14.7. The Morgan fingerprint density at radius 2 is 1.92 bits per heavy atom. The van der Waals surface area contributed by atoms with E-state index in [9.17, 15) is 19.7 Å². The van der Waals surface area contributed by atoms with Gasteiger partial charge in [0, 0.05) is 6.07 Å². The van der Waals surface area contributed by atoms with Gasteiger partial charge in [0.15, 0.2) is 6.61 Å². The van der Waals surface area contributed by atoms with Crippen LogP contribution in [-0.4, -0.2) is 23.4 Å². The maximum atomic E-state index is 11.9. The van der Waals surface area contributed by atoms with Gasteiger partial charge in [-0.1, -0.05) is 42.5 Å². The number of nitro groups is 1. The van der Waals surface area contributed by atoms with E-state index < -0.39 is 23.4 Å². The first kappa shape index (κ1) is 18.6. The van der Waals surface area contributed by atoms with Crippen molar-refractivity contribution < 1.29 is 19.2 Å². The van der Waals surface area contributed by atoms with Gasteiger partial charge in [0.1, 0.15) is 4.88 Å². The van der Waals surface area contributed by atoms with Crippen LogP contribution in [0.4, 0.5) is 5.00 Å². The molecule has 1 N–H and O–H groups in total. The first-order valence-corrected chi connectivity index (χ1v) is 8.52. The van der Waals surface area contributed by atoms with Crippen molar-refractivity contribution in [3.8, 4) is 0 Å². The maximum Gasteiger partial charge on any atom is 0.349 e. The molecule has 0 fully saturated rings. The number of carbonyl (C=O) groups excluding carboxylic acids is 2. The van der Waals surface area contributed by atoms with E-state index in [0.717, 1.165) is 12.0 Å². The molecule has 25 heavy (non-hydrogen) atoms. The summed E-state index contributed by atoms with van der Waals surface area (Å²) in [6.45, 7) is 3.46. The number of carbonyl (C=O) groups is 2. The van der Waals surface area contributed by atoms with Crippen molar-refractivity contribution in [3.63, 3.8) is 0 Å². The summed E-state index contributed by atoms with van der Waals surface area (Å²) in [5, 5.41) is 13.2. The molecular weight excluding hydrogens is 344 g/mol. The minimum atomic E-state index is -0.756. The van der Waals surface area contributed by atoms with E-state index in [4.69, 9.17) is 4.74 Å². The summed E-state index contributed by atoms with van der Waals surface area (Å²) in [4.78, 5) is 33.8. The van der Waals surface area contributed by atoms with Crippen LogP contribution in [0, 0.1) is 10.1 Å². The van der Waals surface area contributed by atoms with Crippen LogP contribution in [0.5, 0.6) is 0 Å². The van der Waals surface area contributed by atoms with Crippen molar-refractivity contribution in [1.29, 1.82) is 0 Å². The molecule has 0 spiro atoms. The molecule has 0 saturated heterocycles. The van der Waals surface area contributed by atoms with Crippen LogP contribution in [0.25, 0.3) is 0 Å². The number of amides is 1. The predicted octanol–water partition coefficient (Wildman–Crippen LogP) is 3.25. The molecule has 0 saturated carbocycles. The summed E-state index contributed by atoms with van der Waals surface area (Å²) in [5.41, 5.74) is 2.16. The van der Waals surface area contributed by atoms with Gasteiger partial charge in [-0.05, 0) is 30.5 Å². The number of hydrogen-bond donors (Lipinski definition) is 1. The van der Waals surface area contributed by atoms with Crippen molar-refractivity contribution in [3.05, 3.63) is 62.5 Å². The van der Waals surface area contributed by atoms with Crippen LogP contribution in [0.15, 0.2) is 36.4 Å². The van der Waals surface area contributed by atoms with E-state index in [-0.39, 0.29) is 15.9 Å². The highest BCUT2D eigenvalue weighted by Crippen LogP contribution is 2.24. The number of ether oxygens (including phenoxy) is 1. The summed E-state index contributed by atoms with van der Waals surface area (Å²) in [6, 6.07) is 10.2. The molecule has 7 nitrogen and oxygen atoms in total. The lowest BCUT2D eigenvalue weighted by Crippen LogP contribution is -2.31. The van der Waals surface area contributed by atoms with E-state index in [1.807, 2.05) is 31.2 Å². The second-order valence-corrected chi connectivity index (χ2v) is 6.42. The first-order chi connectivity index (χ1) is 11.9. The Morgan fingerprint density at radius 3 is 2.48 bits per heavy atom. The normalized spacial score (nSPS) is 11.6.